The van der Waals surface area contributed by atoms with Crippen LogP contribution in [0.15, 0.2) is 24.3 Å². The zero-order chi connectivity index (χ0) is 19.4. The van der Waals surface area contributed by atoms with Crippen molar-refractivity contribution in [1.29, 1.82) is 0 Å². The third kappa shape index (κ3) is 4.19. The van der Waals surface area contributed by atoms with Gasteiger partial charge in [0.1, 0.15) is 5.00 Å². The van der Waals surface area contributed by atoms with E-state index in [1.807, 2.05) is 0 Å². The number of aryl methyl sites for hydroxylation is 1. The van der Waals surface area contributed by atoms with Gasteiger partial charge in [0, 0.05) is 16.1 Å². The number of ketones is 1. The van der Waals surface area contributed by atoms with Crippen LogP contribution in [-0.4, -0.2) is 31.3 Å². The number of nitrogens with one attached hydrogen (secondary N) is 2. The van der Waals surface area contributed by atoms with Crippen molar-refractivity contribution >= 4 is 39.7 Å². The second-order valence-corrected chi connectivity index (χ2v) is 7.52. The second kappa shape index (κ2) is 8.35. The number of rotatable bonds is 6. The first-order valence-corrected chi connectivity index (χ1v) is 9.69. The third-order valence-electron chi connectivity index (χ3n) is 4.56. The Bertz CT molecular complexity index is 888. The highest BCUT2D eigenvalue weighted by atomic mass is 32.1. The van der Waals surface area contributed by atoms with E-state index in [1.165, 1.54) is 25.4 Å². The van der Waals surface area contributed by atoms with Crippen molar-refractivity contribution in [2.45, 2.75) is 32.6 Å². The Morgan fingerprint density at radius 2 is 1.89 bits per heavy atom. The fourth-order valence-electron chi connectivity index (χ4n) is 3.26. The van der Waals surface area contributed by atoms with Crippen LogP contribution in [0, 0.1) is 0 Å². The summed E-state index contributed by atoms with van der Waals surface area (Å²) in [6, 6.07) is 7.05. The number of para-hydroxylation sites is 1. The number of ether oxygens (including phenoxy) is 1. The van der Waals surface area contributed by atoms with Crippen molar-refractivity contribution in [1.82, 2.24) is 0 Å². The van der Waals surface area contributed by atoms with Gasteiger partial charge < -0.3 is 15.4 Å². The van der Waals surface area contributed by atoms with Crippen LogP contribution in [0.5, 0.6) is 0 Å². The van der Waals surface area contributed by atoms with E-state index in [4.69, 9.17) is 4.74 Å². The molecule has 1 amide bonds. The number of anilines is 2. The summed E-state index contributed by atoms with van der Waals surface area (Å²) in [6.07, 6.45) is 3.87. The highest BCUT2D eigenvalue weighted by molar-refractivity contribution is 7.17. The predicted octanol–water partition coefficient (Wildman–Crippen LogP) is 3.67. The summed E-state index contributed by atoms with van der Waals surface area (Å²) in [6.45, 7) is 1.48. The van der Waals surface area contributed by atoms with Gasteiger partial charge in [0.2, 0.25) is 5.91 Å². The van der Waals surface area contributed by atoms with Gasteiger partial charge in [-0.2, -0.15) is 0 Å². The maximum Gasteiger partial charge on any atom is 0.341 e. The van der Waals surface area contributed by atoms with Crippen LogP contribution in [0.2, 0.25) is 0 Å². The first-order valence-electron chi connectivity index (χ1n) is 8.87. The van der Waals surface area contributed by atoms with Gasteiger partial charge in [-0.05, 0) is 50.3 Å². The molecule has 7 heteroatoms. The Balaban J connectivity index is 1.74. The molecular weight excluding hydrogens is 364 g/mol. The van der Waals surface area contributed by atoms with Gasteiger partial charge >= 0.3 is 5.97 Å². The summed E-state index contributed by atoms with van der Waals surface area (Å²) in [5, 5.41) is 6.37. The fourth-order valence-corrected chi connectivity index (χ4v) is 4.56. The third-order valence-corrected chi connectivity index (χ3v) is 5.77. The average Bonchev–Trinajstić information content (AvgIpc) is 3.03. The van der Waals surface area contributed by atoms with E-state index in [9.17, 15) is 14.4 Å². The number of methoxy groups -OCH3 is 1. The fraction of sp³-hybridized carbons (Fsp3) is 0.350. The molecule has 1 heterocycles. The van der Waals surface area contributed by atoms with E-state index in [-0.39, 0.29) is 18.2 Å². The lowest BCUT2D eigenvalue weighted by Gasteiger charge is -2.12. The monoisotopic (exact) mass is 386 g/mol. The van der Waals surface area contributed by atoms with Crippen molar-refractivity contribution < 1.29 is 19.1 Å². The predicted molar refractivity (Wildman–Crippen MR) is 106 cm³/mol. The van der Waals surface area contributed by atoms with Crippen LogP contribution < -0.4 is 10.6 Å². The highest BCUT2D eigenvalue weighted by Gasteiger charge is 2.26. The molecule has 1 aromatic heterocycles. The smallest absolute Gasteiger partial charge is 0.341 e. The van der Waals surface area contributed by atoms with Crippen LogP contribution in [0.25, 0.3) is 0 Å². The molecule has 0 atom stereocenters. The number of carbonyl (C=O) groups excluding carboxylic acids is 3. The highest BCUT2D eigenvalue weighted by Crippen LogP contribution is 2.38. The Labute approximate surface area is 161 Å². The number of Topliss-reactive ketones (excluding diaryl/α,β-unsaturated/α-hetero) is 1. The summed E-state index contributed by atoms with van der Waals surface area (Å²) < 4.78 is 4.92. The molecule has 3 rings (SSSR count). The van der Waals surface area contributed by atoms with Crippen LogP contribution in [0.3, 0.4) is 0 Å². The number of carbonyl (C=O) groups is 3. The van der Waals surface area contributed by atoms with Crippen molar-refractivity contribution in [3.63, 3.8) is 0 Å². The van der Waals surface area contributed by atoms with Crippen molar-refractivity contribution in [3.05, 3.63) is 45.8 Å². The van der Waals surface area contributed by atoms with E-state index in [1.54, 1.807) is 24.3 Å². The van der Waals surface area contributed by atoms with Crippen LogP contribution in [-0.2, 0) is 22.4 Å². The summed E-state index contributed by atoms with van der Waals surface area (Å²) in [7, 11) is 1.35. The zero-order valence-corrected chi connectivity index (χ0v) is 16.2. The van der Waals surface area contributed by atoms with Crippen molar-refractivity contribution in [2.75, 3.05) is 24.3 Å². The van der Waals surface area contributed by atoms with Gasteiger partial charge in [-0.3, -0.25) is 9.59 Å². The minimum absolute atomic E-state index is 0.00648. The summed E-state index contributed by atoms with van der Waals surface area (Å²) in [5.74, 6) is -0.769. The number of esters is 1. The molecule has 0 spiro atoms. The average molecular weight is 386 g/mol. The van der Waals surface area contributed by atoms with E-state index < -0.39 is 5.97 Å². The number of thiophene rings is 1. The first kappa shape index (κ1) is 19.1. The Kier molecular flexibility index (Phi) is 5.91. The van der Waals surface area contributed by atoms with Crippen LogP contribution >= 0.6 is 11.3 Å². The first-order chi connectivity index (χ1) is 13.0. The maximum absolute atomic E-state index is 12.4. The van der Waals surface area contributed by atoms with Gasteiger partial charge in [-0.25, -0.2) is 4.79 Å². The molecule has 0 aliphatic heterocycles. The Morgan fingerprint density at radius 3 is 2.63 bits per heavy atom. The quantitative estimate of drug-likeness (QED) is 0.585. The molecule has 0 fully saturated rings. The molecule has 1 aliphatic rings. The van der Waals surface area contributed by atoms with E-state index >= 15 is 0 Å². The van der Waals surface area contributed by atoms with Gasteiger partial charge in [0.15, 0.2) is 5.78 Å². The van der Waals surface area contributed by atoms with E-state index in [0.29, 0.717) is 21.8 Å². The van der Waals surface area contributed by atoms with Crippen LogP contribution in [0.4, 0.5) is 10.7 Å². The molecule has 0 saturated heterocycles. The lowest BCUT2D eigenvalue weighted by atomic mass is 9.95. The maximum atomic E-state index is 12.4. The lowest BCUT2D eigenvalue weighted by molar-refractivity contribution is -0.114. The molecule has 0 unspecified atom stereocenters. The number of hydrogen-bond acceptors (Lipinski definition) is 6. The molecule has 142 valence electrons. The summed E-state index contributed by atoms with van der Waals surface area (Å²) >= 11 is 1.45. The molecule has 27 heavy (non-hydrogen) atoms. The molecule has 2 N–H and O–H groups in total. The molecule has 1 aliphatic carbocycles. The molecule has 6 nitrogen and oxygen atoms in total. The minimum atomic E-state index is -0.417. The zero-order valence-electron chi connectivity index (χ0n) is 15.4. The topological polar surface area (TPSA) is 84.5 Å². The molecule has 0 saturated carbocycles. The van der Waals surface area contributed by atoms with Gasteiger partial charge in [-0.15, -0.1) is 11.3 Å². The van der Waals surface area contributed by atoms with Gasteiger partial charge in [0.05, 0.1) is 19.2 Å². The number of benzene rings is 1. The Hall–Kier alpha value is -2.67. The summed E-state index contributed by atoms with van der Waals surface area (Å²) in [4.78, 5) is 37.5. The minimum Gasteiger partial charge on any atom is -0.465 e. The Morgan fingerprint density at radius 1 is 1.15 bits per heavy atom. The van der Waals surface area contributed by atoms with E-state index in [0.717, 1.165) is 36.1 Å². The largest absolute Gasteiger partial charge is 0.465 e. The number of fused-ring (bicyclic) bond motifs is 1. The van der Waals surface area contributed by atoms with E-state index in [2.05, 4.69) is 10.6 Å². The normalized spacial score (nSPS) is 12.8. The SMILES string of the molecule is COC(=O)c1c(NC(=O)CNc2ccccc2C(C)=O)sc2c1CCCC2. The standard InChI is InChI=1S/C20H22N2O4S/c1-12(23)13-7-3-5-9-15(13)21-11-17(24)22-19-18(20(25)26-2)14-8-4-6-10-16(14)27-19/h3,5,7,9,21H,4,6,8,10-11H2,1-2H3,(H,22,24). The van der Waals surface area contributed by atoms with Gasteiger partial charge in [0.25, 0.3) is 0 Å². The summed E-state index contributed by atoms with van der Waals surface area (Å²) in [5.41, 5.74) is 2.63. The second-order valence-electron chi connectivity index (χ2n) is 6.41. The number of hydrogen-bond donors (Lipinski definition) is 2. The molecular formula is C20H22N2O4S. The molecule has 0 radical (unpaired) electrons. The number of amides is 1. The molecule has 0 bridgehead atoms. The lowest BCUT2D eigenvalue weighted by Crippen LogP contribution is -2.23. The molecule has 2 aromatic rings. The van der Waals surface area contributed by atoms with Crippen LogP contribution in [0.1, 0.15) is 50.9 Å². The molecule has 1 aromatic carbocycles. The van der Waals surface area contributed by atoms with Crippen molar-refractivity contribution in [3.8, 4) is 0 Å². The van der Waals surface area contributed by atoms with Crippen molar-refractivity contribution in [2.24, 2.45) is 0 Å². The van der Waals surface area contributed by atoms with Gasteiger partial charge in [-0.1, -0.05) is 12.1 Å².